The zero-order chi connectivity index (χ0) is 20.9. The van der Waals surface area contributed by atoms with Gasteiger partial charge in [0.05, 0.1) is 22.9 Å². The minimum atomic E-state index is -3.48. The summed E-state index contributed by atoms with van der Waals surface area (Å²) in [5.41, 5.74) is 1.78. The van der Waals surface area contributed by atoms with Crippen molar-refractivity contribution in [1.82, 2.24) is 0 Å². The highest BCUT2D eigenvalue weighted by Crippen LogP contribution is 2.30. The number of methoxy groups -OCH3 is 1. The van der Waals surface area contributed by atoms with Crippen molar-refractivity contribution in [3.8, 4) is 5.75 Å². The lowest BCUT2D eigenvalue weighted by Crippen LogP contribution is -2.20. The molecule has 1 N–H and O–H groups in total. The third-order valence-corrected chi connectivity index (χ3v) is 7.20. The van der Waals surface area contributed by atoms with Gasteiger partial charge in [0, 0.05) is 25.3 Å². The average Bonchev–Trinajstić information content (AvgIpc) is 2.68. The SMILES string of the molecule is CCC(CC)S(=O)(=O)c1ccc(OC)c(NC(=O)c2ccc(N(C)C)cc2)c1. The Morgan fingerprint density at radius 2 is 1.68 bits per heavy atom. The molecule has 0 unspecified atom stereocenters. The molecule has 1 amide bonds. The van der Waals surface area contributed by atoms with E-state index in [1.807, 2.05) is 45.0 Å². The Labute approximate surface area is 167 Å². The van der Waals surface area contributed by atoms with E-state index in [4.69, 9.17) is 4.74 Å². The zero-order valence-electron chi connectivity index (χ0n) is 17.0. The molecule has 28 heavy (non-hydrogen) atoms. The molecule has 2 aromatic carbocycles. The Bertz CT molecular complexity index is 918. The first-order chi connectivity index (χ1) is 13.2. The minimum absolute atomic E-state index is 0.181. The smallest absolute Gasteiger partial charge is 0.255 e. The maximum atomic E-state index is 12.8. The van der Waals surface area contributed by atoms with Crippen LogP contribution in [0.2, 0.25) is 0 Å². The Balaban J connectivity index is 2.35. The molecule has 0 aliphatic rings. The monoisotopic (exact) mass is 404 g/mol. The molecule has 7 heteroatoms. The molecule has 0 aliphatic carbocycles. The lowest BCUT2D eigenvalue weighted by Gasteiger charge is -2.17. The molecule has 0 fully saturated rings. The normalized spacial score (nSPS) is 11.4. The van der Waals surface area contributed by atoms with Crippen LogP contribution in [0, 0.1) is 0 Å². The molecule has 0 atom stereocenters. The van der Waals surface area contributed by atoms with Crippen LogP contribution in [0.15, 0.2) is 47.4 Å². The third kappa shape index (κ3) is 4.65. The van der Waals surface area contributed by atoms with E-state index in [9.17, 15) is 13.2 Å². The molecule has 0 radical (unpaired) electrons. The number of sulfone groups is 1. The summed E-state index contributed by atoms with van der Waals surface area (Å²) in [6.07, 6.45) is 1.07. The molecule has 6 nitrogen and oxygen atoms in total. The number of rotatable bonds is 8. The van der Waals surface area contributed by atoms with Gasteiger partial charge < -0.3 is 15.0 Å². The van der Waals surface area contributed by atoms with Gasteiger partial charge in [-0.1, -0.05) is 13.8 Å². The van der Waals surface area contributed by atoms with E-state index in [1.54, 1.807) is 18.2 Å². The lowest BCUT2D eigenvalue weighted by molar-refractivity contribution is 0.102. The van der Waals surface area contributed by atoms with Gasteiger partial charge in [-0.2, -0.15) is 0 Å². The van der Waals surface area contributed by atoms with Crippen LogP contribution in [0.25, 0.3) is 0 Å². The summed E-state index contributed by atoms with van der Waals surface area (Å²) < 4.78 is 31.0. The van der Waals surface area contributed by atoms with Crippen LogP contribution in [0.4, 0.5) is 11.4 Å². The highest BCUT2D eigenvalue weighted by Gasteiger charge is 2.25. The van der Waals surface area contributed by atoms with Crippen LogP contribution in [0.3, 0.4) is 0 Å². The van der Waals surface area contributed by atoms with E-state index in [0.29, 0.717) is 29.8 Å². The van der Waals surface area contributed by atoms with Gasteiger partial charge in [-0.3, -0.25) is 4.79 Å². The van der Waals surface area contributed by atoms with Crippen molar-refractivity contribution >= 4 is 27.1 Å². The molecule has 0 heterocycles. The van der Waals surface area contributed by atoms with Crippen molar-refractivity contribution in [3.63, 3.8) is 0 Å². The Kier molecular flexibility index (Phi) is 7.07. The van der Waals surface area contributed by atoms with Gasteiger partial charge in [0.2, 0.25) is 0 Å². The summed E-state index contributed by atoms with van der Waals surface area (Å²) in [5.74, 6) is 0.0717. The topological polar surface area (TPSA) is 75.7 Å². The van der Waals surface area contributed by atoms with Crippen LogP contribution in [-0.2, 0) is 9.84 Å². The predicted molar refractivity (Wildman–Crippen MR) is 113 cm³/mol. The average molecular weight is 405 g/mol. The van der Waals surface area contributed by atoms with Crippen molar-refractivity contribution in [1.29, 1.82) is 0 Å². The maximum Gasteiger partial charge on any atom is 0.255 e. The van der Waals surface area contributed by atoms with Crippen LogP contribution < -0.4 is 15.0 Å². The largest absolute Gasteiger partial charge is 0.495 e. The highest BCUT2D eigenvalue weighted by molar-refractivity contribution is 7.92. The fraction of sp³-hybridized carbons (Fsp3) is 0.381. The number of nitrogens with zero attached hydrogens (tertiary/aromatic N) is 1. The number of nitrogens with one attached hydrogen (secondary N) is 1. The summed E-state index contributed by atoms with van der Waals surface area (Å²) in [5, 5.41) is 2.32. The van der Waals surface area contributed by atoms with Crippen LogP contribution in [-0.4, -0.2) is 40.8 Å². The van der Waals surface area contributed by atoms with Crippen molar-refractivity contribution < 1.29 is 17.9 Å². The second-order valence-corrected chi connectivity index (χ2v) is 8.97. The van der Waals surface area contributed by atoms with Gasteiger partial charge in [-0.05, 0) is 55.3 Å². The van der Waals surface area contributed by atoms with E-state index in [2.05, 4.69) is 5.32 Å². The lowest BCUT2D eigenvalue weighted by atomic mass is 10.2. The van der Waals surface area contributed by atoms with Crippen molar-refractivity contribution in [2.45, 2.75) is 36.8 Å². The minimum Gasteiger partial charge on any atom is -0.495 e. The third-order valence-electron chi connectivity index (χ3n) is 4.74. The second-order valence-electron chi connectivity index (χ2n) is 6.74. The number of amides is 1. The molecule has 2 rings (SSSR count). The number of carbonyl (C=O) groups excluding carboxylic acids is 1. The second kappa shape index (κ2) is 9.10. The molecule has 0 aliphatic heterocycles. The van der Waals surface area contributed by atoms with Crippen LogP contribution in [0.5, 0.6) is 5.75 Å². The number of benzene rings is 2. The fourth-order valence-corrected chi connectivity index (χ4v) is 4.79. The first kappa shape index (κ1) is 21.8. The molecule has 152 valence electrons. The molecule has 0 bridgehead atoms. The molecule has 2 aromatic rings. The first-order valence-corrected chi connectivity index (χ1v) is 10.8. The van der Waals surface area contributed by atoms with Crippen molar-refractivity contribution in [2.75, 3.05) is 31.4 Å². The number of hydrogen-bond acceptors (Lipinski definition) is 5. The molecule has 0 saturated heterocycles. The standard InChI is InChI=1S/C21H28N2O4S/c1-6-17(7-2)28(25,26)18-12-13-20(27-5)19(14-18)22-21(24)15-8-10-16(11-9-15)23(3)4/h8-14,17H,6-7H2,1-5H3,(H,22,24). The summed E-state index contributed by atoms with van der Waals surface area (Å²) in [7, 11) is 1.85. The molecule has 0 saturated carbocycles. The summed E-state index contributed by atoms with van der Waals surface area (Å²) in [6.45, 7) is 3.71. The number of anilines is 2. The fourth-order valence-electron chi connectivity index (χ4n) is 2.99. The highest BCUT2D eigenvalue weighted by atomic mass is 32.2. The Morgan fingerprint density at radius 1 is 1.07 bits per heavy atom. The van der Waals surface area contributed by atoms with Gasteiger partial charge in [-0.15, -0.1) is 0 Å². The maximum absolute atomic E-state index is 12.8. The van der Waals surface area contributed by atoms with E-state index < -0.39 is 15.1 Å². The molecular weight excluding hydrogens is 376 g/mol. The van der Waals surface area contributed by atoms with Gasteiger partial charge in [0.15, 0.2) is 9.84 Å². The van der Waals surface area contributed by atoms with E-state index >= 15 is 0 Å². The van der Waals surface area contributed by atoms with Gasteiger partial charge >= 0.3 is 0 Å². The molecule has 0 aromatic heterocycles. The van der Waals surface area contributed by atoms with Crippen LogP contribution >= 0.6 is 0 Å². The van der Waals surface area contributed by atoms with Crippen LogP contribution in [0.1, 0.15) is 37.0 Å². The number of ether oxygens (including phenoxy) is 1. The van der Waals surface area contributed by atoms with E-state index in [-0.39, 0.29) is 10.8 Å². The zero-order valence-corrected chi connectivity index (χ0v) is 17.8. The summed E-state index contributed by atoms with van der Waals surface area (Å²) in [4.78, 5) is 14.8. The van der Waals surface area contributed by atoms with Crippen molar-refractivity contribution in [3.05, 3.63) is 48.0 Å². The van der Waals surface area contributed by atoms with Gasteiger partial charge in [0.25, 0.3) is 5.91 Å². The molecular formula is C21H28N2O4S. The Hall–Kier alpha value is -2.54. The van der Waals surface area contributed by atoms with Gasteiger partial charge in [-0.25, -0.2) is 8.42 Å². The first-order valence-electron chi connectivity index (χ1n) is 9.25. The predicted octanol–water partition coefficient (Wildman–Crippen LogP) is 3.98. The van der Waals surface area contributed by atoms with Gasteiger partial charge in [0.1, 0.15) is 5.75 Å². The van der Waals surface area contributed by atoms with Crippen molar-refractivity contribution in [2.24, 2.45) is 0 Å². The Morgan fingerprint density at radius 3 is 2.18 bits per heavy atom. The number of hydrogen-bond donors (Lipinski definition) is 1. The summed E-state index contributed by atoms with van der Waals surface area (Å²) >= 11 is 0. The number of carbonyl (C=O) groups is 1. The van der Waals surface area contributed by atoms with E-state index in [1.165, 1.54) is 19.2 Å². The molecule has 0 spiro atoms. The van der Waals surface area contributed by atoms with E-state index in [0.717, 1.165) is 5.69 Å². The quantitative estimate of drug-likeness (QED) is 0.720. The summed E-state index contributed by atoms with van der Waals surface area (Å²) in [6, 6.07) is 11.7.